The Kier molecular flexibility index (Phi) is 6.35. The van der Waals surface area contributed by atoms with Gasteiger partial charge in [-0.2, -0.15) is 43.9 Å². The summed E-state index contributed by atoms with van der Waals surface area (Å²) >= 11 is 0. The number of rotatable bonds is 3. The first-order valence-electron chi connectivity index (χ1n) is 5.22. The van der Waals surface area contributed by atoms with Crippen molar-refractivity contribution in [3.8, 4) is 0 Å². The van der Waals surface area contributed by atoms with Crippen molar-refractivity contribution >= 4 is 10.1 Å². The summed E-state index contributed by atoms with van der Waals surface area (Å²) < 4.78 is 174. The molecule has 138 valence electrons. The molecule has 1 rings (SSSR count). The molecule has 0 spiro atoms. The number of halogens is 11. The summed E-state index contributed by atoms with van der Waals surface area (Å²) in [5.41, 5.74) is -6.42. The average molecular weight is 428 g/mol. The van der Waals surface area contributed by atoms with Gasteiger partial charge in [-0.3, -0.25) is 0 Å². The first kappa shape index (κ1) is 24.8. The van der Waals surface area contributed by atoms with Crippen LogP contribution in [0.4, 0.5) is 48.3 Å². The van der Waals surface area contributed by atoms with Crippen LogP contribution in [0.15, 0.2) is 0 Å². The Morgan fingerprint density at radius 2 is 0.875 bits per heavy atom. The SMILES string of the molecule is O=S(=O)([O-])CCC1(F)C(F)(F)C(F)(F)C(F)(F)C(F)(F)C1(F)F.[K+]. The number of hydrogen-bond acceptors (Lipinski definition) is 3. The summed E-state index contributed by atoms with van der Waals surface area (Å²) in [7, 11) is -5.80. The van der Waals surface area contributed by atoms with E-state index in [-0.39, 0.29) is 51.4 Å². The van der Waals surface area contributed by atoms with Crippen molar-refractivity contribution in [3.63, 3.8) is 0 Å². The normalized spacial score (nSPS) is 28.7. The first-order valence-corrected chi connectivity index (χ1v) is 6.80. The fourth-order valence-corrected chi connectivity index (χ4v) is 2.40. The second-order valence-electron chi connectivity index (χ2n) is 4.68. The van der Waals surface area contributed by atoms with E-state index in [4.69, 9.17) is 0 Å². The molecule has 0 aromatic heterocycles. The predicted octanol–water partition coefficient (Wildman–Crippen LogP) is -0.176. The van der Waals surface area contributed by atoms with Crippen LogP contribution in [0.2, 0.25) is 0 Å². The zero-order valence-electron chi connectivity index (χ0n) is 11.2. The molecule has 0 amide bonds. The van der Waals surface area contributed by atoms with Crippen LogP contribution in [-0.4, -0.2) is 54.0 Å². The molecule has 3 nitrogen and oxygen atoms in total. The molecule has 1 aliphatic rings. The molecular weight excluding hydrogens is 424 g/mol. The second kappa shape index (κ2) is 6.15. The van der Waals surface area contributed by atoms with E-state index in [2.05, 4.69) is 0 Å². The summed E-state index contributed by atoms with van der Waals surface area (Å²) in [5, 5.41) is 0. The Balaban J connectivity index is 0.00000529. The molecule has 0 aromatic carbocycles. The minimum absolute atomic E-state index is 0. The van der Waals surface area contributed by atoms with Crippen molar-refractivity contribution in [3.05, 3.63) is 0 Å². The molecule has 0 saturated heterocycles. The van der Waals surface area contributed by atoms with Gasteiger partial charge in [-0.05, 0) is 0 Å². The van der Waals surface area contributed by atoms with E-state index in [0.29, 0.717) is 0 Å². The average Bonchev–Trinajstić information content (AvgIpc) is 2.32. The molecule has 0 radical (unpaired) electrons. The van der Waals surface area contributed by atoms with Gasteiger partial charge in [0.2, 0.25) is 0 Å². The van der Waals surface area contributed by atoms with E-state index in [9.17, 15) is 61.3 Å². The van der Waals surface area contributed by atoms with E-state index < -0.39 is 57.6 Å². The van der Waals surface area contributed by atoms with Crippen LogP contribution >= 0.6 is 0 Å². The van der Waals surface area contributed by atoms with Crippen LogP contribution < -0.4 is 51.4 Å². The summed E-state index contributed by atoms with van der Waals surface area (Å²) in [4.78, 5) is 0. The van der Waals surface area contributed by atoms with Crippen LogP contribution in [0.5, 0.6) is 0 Å². The van der Waals surface area contributed by atoms with E-state index in [0.717, 1.165) is 0 Å². The van der Waals surface area contributed by atoms with E-state index >= 15 is 0 Å². The standard InChI is InChI=1S/C8H5F11O3S.K/c9-3(1-2-23(20,21)22)4(10,11)6(14,15)8(18,19)7(16,17)5(3,12)13;/h1-2H2,(H,20,21,22);/q;+1/p-1. The van der Waals surface area contributed by atoms with Crippen LogP contribution in [0.1, 0.15) is 6.42 Å². The Bertz CT molecular complexity index is 572. The molecule has 1 saturated carbocycles. The van der Waals surface area contributed by atoms with Gasteiger partial charge in [-0.1, -0.05) is 0 Å². The van der Waals surface area contributed by atoms with Gasteiger partial charge in [-0.25, -0.2) is 12.8 Å². The molecule has 0 atom stereocenters. The van der Waals surface area contributed by atoms with Gasteiger partial charge in [0.25, 0.3) is 5.67 Å². The third-order valence-electron chi connectivity index (χ3n) is 3.27. The second-order valence-corrected chi connectivity index (χ2v) is 6.21. The first-order chi connectivity index (χ1) is 9.71. The van der Waals surface area contributed by atoms with Crippen molar-refractivity contribution in [2.45, 2.75) is 41.7 Å². The van der Waals surface area contributed by atoms with Crippen molar-refractivity contribution in [2.24, 2.45) is 0 Å². The van der Waals surface area contributed by atoms with Gasteiger partial charge in [0.15, 0.2) is 0 Å². The topological polar surface area (TPSA) is 57.2 Å². The smallest absolute Gasteiger partial charge is 0.748 e. The fraction of sp³-hybridized carbons (Fsp3) is 1.00. The van der Waals surface area contributed by atoms with Gasteiger partial charge >= 0.3 is 81.0 Å². The van der Waals surface area contributed by atoms with Gasteiger partial charge in [0.1, 0.15) is 0 Å². The van der Waals surface area contributed by atoms with Gasteiger partial charge < -0.3 is 4.55 Å². The molecule has 1 aliphatic carbocycles. The van der Waals surface area contributed by atoms with Crippen LogP contribution in [0.25, 0.3) is 0 Å². The van der Waals surface area contributed by atoms with E-state index in [1.165, 1.54) is 0 Å². The monoisotopic (exact) mass is 428 g/mol. The molecule has 0 heterocycles. The van der Waals surface area contributed by atoms with Crippen molar-refractivity contribution < 1.29 is 113 Å². The maximum absolute atomic E-state index is 13.8. The Hall–Kier alpha value is 0.776. The minimum atomic E-state index is -7.36. The van der Waals surface area contributed by atoms with Crippen LogP contribution in [-0.2, 0) is 10.1 Å². The van der Waals surface area contributed by atoms with Crippen molar-refractivity contribution in [1.82, 2.24) is 0 Å². The summed E-state index contributed by atoms with van der Waals surface area (Å²) in [6, 6.07) is 0. The zero-order chi connectivity index (χ0) is 18.9. The third kappa shape index (κ3) is 2.83. The summed E-state index contributed by atoms with van der Waals surface area (Å²) in [5.74, 6) is -38.7. The predicted molar refractivity (Wildman–Crippen MR) is 47.8 cm³/mol. The molecule has 16 heteroatoms. The summed E-state index contributed by atoms with van der Waals surface area (Å²) in [6.45, 7) is 0. The third-order valence-corrected chi connectivity index (χ3v) is 3.97. The van der Waals surface area contributed by atoms with Crippen molar-refractivity contribution in [2.75, 3.05) is 5.75 Å². The minimum Gasteiger partial charge on any atom is -0.748 e. The van der Waals surface area contributed by atoms with E-state index in [1.807, 2.05) is 0 Å². The Labute approximate surface area is 169 Å². The quantitative estimate of drug-likeness (QED) is 0.356. The molecule has 24 heavy (non-hydrogen) atoms. The molecule has 0 aromatic rings. The largest absolute Gasteiger partial charge is 1.00 e. The Morgan fingerprint density at radius 3 is 1.12 bits per heavy atom. The van der Waals surface area contributed by atoms with E-state index in [1.54, 1.807) is 0 Å². The van der Waals surface area contributed by atoms with Crippen LogP contribution in [0.3, 0.4) is 0 Å². The number of hydrogen-bond donors (Lipinski definition) is 0. The maximum atomic E-state index is 13.8. The molecule has 0 unspecified atom stereocenters. The Morgan fingerprint density at radius 1 is 0.625 bits per heavy atom. The van der Waals surface area contributed by atoms with Crippen LogP contribution in [0, 0.1) is 0 Å². The molecule has 0 aliphatic heterocycles. The molecule has 0 bridgehead atoms. The van der Waals surface area contributed by atoms with Crippen molar-refractivity contribution in [1.29, 1.82) is 0 Å². The zero-order valence-corrected chi connectivity index (χ0v) is 15.1. The van der Waals surface area contributed by atoms with Gasteiger partial charge in [0, 0.05) is 12.2 Å². The molecule has 1 fully saturated rings. The summed E-state index contributed by atoms with van der Waals surface area (Å²) in [6.07, 6.45) is -3.06. The van der Waals surface area contributed by atoms with Gasteiger partial charge in [0.05, 0.1) is 10.1 Å². The maximum Gasteiger partial charge on any atom is 1.00 e. The molecular formula is C8H4F11KO3S. The fourth-order valence-electron chi connectivity index (χ4n) is 1.87. The number of alkyl halides is 11. The van der Waals surface area contributed by atoms with Gasteiger partial charge in [-0.15, -0.1) is 0 Å². The molecule has 0 N–H and O–H groups in total.